The van der Waals surface area contributed by atoms with Crippen molar-refractivity contribution in [1.29, 1.82) is 0 Å². The van der Waals surface area contributed by atoms with E-state index in [-0.39, 0.29) is 6.04 Å². The highest BCUT2D eigenvalue weighted by atomic mass is 32.2. The zero-order valence-electron chi connectivity index (χ0n) is 12.6. The lowest BCUT2D eigenvalue weighted by Gasteiger charge is -2.36. The van der Waals surface area contributed by atoms with Gasteiger partial charge in [0.2, 0.25) is 0 Å². The molecule has 0 aromatic heterocycles. The molecule has 1 saturated heterocycles. The molecule has 3 N–H and O–H groups in total. The second-order valence-corrected chi connectivity index (χ2v) is 7.99. The molecule has 1 saturated carbocycles. The molecule has 20 heavy (non-hydrogen) atoms. The lowest BCUT2D eigenvalue weighted by atomic mass is 9.83. The first-order valence-corrected chi connectivity index (χ1v) is 9.48. The molecule has 1 aliphatic heterocycles. The van der Waals surface area contributed by atoms with Crippen LogP contribution in [0.25, 0.3) is 0 Å². The Morgan fingerprint density at radius 1 is 1.20 bits per heavy atom. The first-order chi connectivity index (χ1) is 9.56. The van der Waals surface area contributed by atoms with Crippen LogP contribution in [-0.2, 0) is 10.2 Å². The van der Waals surface area contributed by atoms with Gasteiger partial charge in [-0.3, -0.25) is 0 Å². The van der Waals surface area contributed by atoms with Crippen molar-refractivity contribution in [2.45, 2.75) is 57.9 Å². The van der Waals surface area contributed by atoms with Crippen molar-refractivity contribution >= 4 is 10.2 Å². The summed E-state index contributed by atoms with van der Waals surface area (Å²) >= 11 is 0. The Bertz CT molecular complexity index is 399. The summed E-state index contributed by atoms with van der Waals surface area (Å²) in [7, 11) is -3.34. The number of nitrogens with zero attached hydrogens (tertiary/aromatic N) is 1. The minimum absolute atomic E-state index is 0.122. The molecule has 0 aromatic carbocycles. The molecule has 1 heterocycles. The van der Waals surface area contributed by atoms with E-state index in [4.69, 9.17) is 5.73 Å². The van der Waals surface area contributed by atoms with Crippen molar-refractivity contribution in [3.8, 4) is 0 Å². The number of nitrogens with one attached hydrogen (secondary N) is 1. The number of hydrogen-bond donors (Lipinski definition) is 2. The zero-order chi connectivity index (χ0) is 14.6. The molecule has 6 heteroatoms. The van der Waals surface area contributed by atoms with Gasteiger partial charge in [-0.15, -0.1) is 0 Å². The van der Waals surface area contributed by atoms with Crippen molar-refractivity contribution in [3.63, 3.8) is 0 Å². The Labute approximate surface area is 123 Å². The highest BCUT2D eigenvalue weighted by Gasteiger charge is 2.33. The number of piperidine rings is 1. The zero-order valence-corrected chi connectivity index (χ0v) is 13.4. The van der Waals surface area contributed by atoms with Gasteiger partial charge in [-0.25, -0.2) is 0 Å². The summed E-state index contributed by atoms with van der Waals surface area (Å²) in [6, 6.07) is 0.122. The maximum atomic E-state index is 12.6. The largest absolute Gasteiger partial charge is 0.330 e. The van der Waals surface area contributed by atoms with Gasteiger partial charge in [0.15, 0.2) is 0 Å². The molecule has 1 aliphatic carbocycles. The summed E-state index contributed by atoms with van der Waals surface area (Å²) in [5, 5.41) is 0. The molecule has 3 atom stereocenters. The van der Waals surface area contributed by atoms with Gasteiger partial charge in [0.25, 0.3) is 10.2 Å². The van der Waals surface area contributed by atoms with E-state index < -0.39 is 10.2 Å². The molecule has 0 radical (unpaired) electrons. The van der Waals surface area contributed by atoms with Gasteiger partial charge in [-0.05, 0) is 44.1 Å². The Balaban J connectivity index is 1.98. The van der Waals surface area contributed by atoms with E-state index >= 15 is 0 Å². The Morgan fingerprint density at radius 2 is 1.95 bits per heavy atom. The normalized spacial score (nSPS) is 33.2. The molecule has 2 rings (SSSR count). The fourth-order valence-electron chi connectivity index (χ4n) is 3.55. The third kappa shape index (κ3) is 3.93. The van der Waals surface area contributed by atoms with Crippen molar-refractivity contribution in [2.24, 2.45) is 17.6 Å². The SMILES string of the molecule is CCC1CCCCC1NS(=O)(=O)N1CCCC(CN)C1. The van der Waals surface area contributed by atoms with Crippen molar-refractivity contribution < 1.29 is 8.42 Å². The van der Waals surface area contributed by atoms with Crippen LogP contribution in [0.15, 0.2) is 0 Å². The van der Waals surface area contributed by atoms with Crippen LogP contribution in [0, 0.1) is 11.8 Å². The van der Waals surface area contributed by atoms with E-state index in [1.165, 1.54) is 6.42 Å². The Hall–Kier alpha value is -0.170. The highest BCUT2D eigenvalue weighted by molar-refractivity contribution is 7.87. The minimum atomic E-state index is -3.34. The van der Waals surface area contributed by atoms with Crippen LogP contribution in [-0.4, -0.2) is 38.4 Å². The quantitative estimate of drug-likeness (QED) is 0.807. The molecule has 3 unspecified atom stereocenters. The molecule has 0 amide bonds. The van der Waals surface area contributed by atoms with Gasteiger partial charge in [0.05, 0.1) is 0 Å². The summed E-state index contributed by atoms with van der Waals surface area (Å²) in [6.07, 6.45) is 7.51. The molecule has 2 fully saturated rings. The summed E-state index contributed by atoms with van der Waals surface area (Å²) in [5.74, 6) is 0.808. The molecule has 0 spiro atoms. The van der Waals surface area contributed by atoms with Gasteiger partial charge >= 0.3 is 0 Å². The highest BCUT2D eigenvalue weighted by Crippen LogP contribution is 2.28. The second-order valence-electron chi connectivity index (χ2n) is 6.28. The van der Waals surface area contributed by atoms with E-state index in [0.717, 1.165) is 38.5 Å². The standard InChI is InChI=1S/C14H29N3O2S/c1-2-13-7-3-4-8-14(13)16-20(18,19)17-9-5-6-12(10-15)11-17/h12-14,16H,2-11,15H2,1H3. The van der Waals surface area contributed by atoms with Crippen LogP contribution in [0.2, 0.25) is 0 Å². The monoisotopic (exact) mass is 303 g/mol. The smallest absolute Gasteiger partial charge is 0.279 e. The molecule has 2 aliphatic rings. The molecular formula is C14H29N3O2S. The molecule has 0 aromatic rings. The first-order valence-electron chi connectivity index (χ1n) is 8.04. The Kier molecular flexibility index (Phi) is 5.84. The van der Waals surface area contributed by atoms with Crippen LogP contribution >= 0.6 is 0 Å². The fraction of sp³-hybridized carbons (Fsp3) is 1.00. The summed E-state index contributed by atoms with van der Waals surface area (Å²) in [4.78, 5) is 0. The second kappa shape index (κ2) is 7.20. The van der Waals surface area contributed by atoms with Gasteiger partial charge < -0.3 is 5.73 Å². The summed E-state index contributed by atoms with van der Waals surface area (Å²) < 4.78 is 29.7. The van der Waals surface area contributed by atoms with Crippen LogP contribution in [0.5, 0.6) is 0 Å². The molecule has 118 valence electrons. The summed E-state index contributed by atoms with van der Waals surface area (Å²) in [6.45, 7) is 3.94. The molecule has 0 bridgehead atoms. The van der Waals surface area contributed by atoms with Gasteiger partial charge in [-0.1, -0.05) is 26.2 Å². The average molecular weight is 303 g/mol. The average Bonchev–Trinajstić information content (AvgIpc) is 2.47. The number of rotatable bonds is 5. The van der Waals surface area contributed by atoms with E-state index in [9.17, 15) is 8.42 Å². The Morgan fingerprint density at radius 3 is 2.65 bits per heavy atom. The van der Waals surface area contributed by atoms with Crippen LogP contribution in [0.1, 0.15) is 51.9 Å². The lowest BCUT2D eigenvalue weighted by Crippen LogP contribution is -2.52. The fourth-order valence-corrected chi connectivity index (χ4v) is 5.17. The maximum Gasteiger partial charge on any atom is 0.279 e. The van der Waals surface area contributed by atoms with Gasteiger partial charge in [-0.2, -0.15) is 17.4 Å². The topological polar surface area (TPSA) is 75.4 Å². The molecular weight excluding hydrogens is 274 g/mol. The molecule has 5 nitrogen and oxygen atoms in total. The maximum absolute atomic E-state index is 12.6. The van der Waals surface area contributed by atoms with Gasteiger partial charge in [0, 0.05) is 19.1 Å². The predicted molar refractivity (Wildman–Crippen MR) is 81.4 cm³/mol. The van der Waals surface area contributed by atoms with Crippen LogP contribution in [0.4, 0.5) is 0 Å². The first kappa shape index (κ1) is 16.2. The van der Waals surface area contributed by atoms with E-state index in [1.54, 1.807) is 4.31 Å². The number of nitrogens with two attached hydrogens (primary N) is 1. The van der Waals surface area contributed by atoms with Crippen molar-refractivity contribution in [1.82, 2.24) is 9.03 Å². The third-order valence-corrected chi connectivity index (χ3v) is 6.50. The van der Waals surface area contributed by atoms with E-state index in [0.29, 0.717) is 31.5 Å². The lowest BCUT2D eigenvalue weighted by molar-refractivity contribution is 0.250. The van der Waals surface area contributed by atoms with Crippen LogP contribution < -0.4 is 10.5 Å². The minimum Gasteiger partial charge on any atom is -0.330 e. The predicted octanol–water partition coefficient (Wildman–Crippen LogP) is 1.46. The van der Waals surface area contributed by atoms with Crippen molar-refractivity contribution in [3.05, 3.63) is 0 Å². The van der Waals surface area contributed by atoms with Gasteiger partial charge in [0.1, 0.15) is 0 Å². The van der Waals surface area contributed by atoms with E-state index in [2.05, 4.69) is 11.6 Å². The van der Waals surface area contributed by atoms with Crippen LogP contribution in [0.3, 0.4) is 0 Å². The van der Waals surface area contributed by atoms with E-state index in [1.807, 2.05) is 0 Å². The third-order valence-electron chi connectivity index (χ3n) is 4.89. The summed E-state index contributed by atoms with van der Waals surface area (Å²) in [5.41, 5.74) is 5.69. The van der Waals surface area contributed by atoms with Crippen molar-refractivity contribution in [2.75, 3.05) is 19.6 Å². The number of hydrogen-bond acceptors (Lipinski definition) is 3.